The van der Waals surface area contributed by atoms with Crippen LogP contribution >= 0.6 is 23.2 Å². The summed E-state index contributed by atoms with van der Waals surface area (Å²) in [4.78, 5) is 10.2. The predicted molar refractivity (Wildman–Crippen MR) is 98.5 cm³/mol. The Balaban J connectivity index is 1.68. The van der Waals surface area contributed by atoms with Gasteiger partial charge < -0.3 is 4.42 Å². The Morgan fingerprint density at radius 3 is 2.48 bits per heavy atom. The summed E-state index contributed by atoms with van der Waals surface area (Å²) in [7, 11) is 0. The molecule has 0 spiro atoms. The minimum absolute atomic E-state index is 0.0305. The topological polar surface area (TPSA) is 80.7 Å². The van der Waals surface area contributed by atoms with Gasteiger partial charge in [-0.05, 0) is 42.5 Å². The summed E-state index contributed by atoms with van der Waals surface area (Å²) < 4.78 is 5.64. The van der Waals surface area contributed by atoms with Gasteiger partial charge in [-0.15, -0.1) is 0 Å². The van der Waals surface area contributed by atoms with Crippen molar-refractivity contribution in [3.8, 4) is 11.3 Å². The van der Waals surface area contributed by atoms with Crippen LogP contribution in [0.3, 0.4) is 0 Å². The molecule has 126 valence electrons. The van der Waals surface area contributed by atoms with Crippen molar-refractivity contribution in [2.75, 3.05) is 5.43 Å². The van der Waals surface area contributed by atoms with E-state index < -0.39 is 4.92 Å². The number of hydrogen-bond donors (Lipinski definition) is 1. The highest BCUT2D eigenvalue weighted by molar-refractivity contribution is 6.42. The number of nitro benzene ring substituents is 1. The third-order valence-electron chi connectivity index (χ3n) is 3.29. The Morgan fingerprint density at radius 1 is 1.04 bits per heavy atom. The average Bonchev–Trinajstić information content (AvgIpc) is 3.07. The van der Waals surface area contributed by atoms with E-state index in [-0.39, 0.29) is 5.69 Å². The first-order valence-corrected chi connectivity index (χ1v) is 7.87. The van der Waals surface area contributed by atoms with Crippen molar-refractivity contribution in [3.63, 3.8) is 0 Å². The Morgan fingerprint density at radius 2 is 1.80 bits per heavy atom. The lowest BCUT2D eigenvalue weighted by molar-refractivity contribution is -0.384. The zero-order chi connectivity index (χ0) is 17.8. The first-order valence-electron chi connectivity index (χ1n) is 7.12. The van der Waals surface area contributed by atoms with E-state index in [2.05, 4.69) is 10.5 Å². The molecule has 1 N–H and O–H groups in total. The van der Waals surface area contributed by atoms with Gasteiger partial charge >= 0.3 is 0 Å². The van der Waals surface area contributed by atoms with Crippen LogP contribution in [0.4, 0.5) is 11.4 Å². The summed E-state index contributed by atoms with van der Waals surface area (Å²) in [5.41, 5.74) is 4.28. The molecule has 6 nitrogen and oxygen atoms in total. The van der Waals surface area contributed by atoms with Gasteiger partial charge in [-0.3, -0.25) is 15.5 Å². The van der Waals surface area contributed by atoms with Crippen molar-refractivity contribution >= 4 is 40.8 Å². The van der Waals surface area contributed by atoms with Crippen molar-refractivity contribution in [3.05, 3.63) is 80.5 Å². The number of nitrogens with zero attached hydrogens (tertiary/aromatic N) is 2. The molecule has 2 aromatic carbocycles. The second-order valence-electron chi connectivity index (χ2n) is 5.00. The van der Waals surface area contributed by atoms with E-state index in [4.69, 9.17) is 27.6 Å². The maximum atomic E-state index is 10.7. The monoisotopic (exact) mass is 375 g/mol. The molecular formula is C17H11Cl2N3O3. The van der Waals surface area contributed by atoms with E-state index in [9.17, 15) is 10.1 Å². The zero-order valence-corrected chi connectivity index (χ0v) is 14.2. The standard InChI is InChI=1S/C17H11Cl2N3O3/c18-15-7-3-12(9-16(15)19)21-20-10-14-6-8-17(25-14)11-1-4-13(5-2-11)22(23)24/h1-10,21H/b20-10-. The van der Waals surface area contributed by atoms with E-state index in [1.807, 2.05) is 0 Å². The van der Waals surface area contributed by atoms with E-state index in [1.54, 1.807) is 42.5 Å². The number of anilines is 1. The molecule has 0 radical (unpaired) electrons. The van der Waals surface area contributed by atoms with Gasteiger partial charge in [-0.25, -0.2) is 0 Å². The molecule has 0 bridgehead atoms. The van der Waals surface area contributed by atoms with E-state index >= 15 is 0 Å². The molecule has 0 aliphatic heterocycles. The molecule has 0 amide bonds. The van der Waals surface area contributed by atoms with Gasteiger partial charge in [0.05, 0.1) is 26.9 Å². The third kappa shape index (κ3) is 4.17. The highest BCUT2D eigenvalue weighted by Gasteiger charge is 2.07. The van der Waals surface area contributed by atoms with Gasteiger partial charge in [-0.1, -0.05) is 23.2 Å². The molecule has 1 aromatic heterocycles. The van der Waals surface area contributed by atoms with E-state index in [0.717, 1.165) is 5.56 Å². The van der Waals surface area contributed by atoms with E-state index in [0.29, 0.717) is 27.3 Å². The first kappa shape index (κ1) is 17.0. The number of halogens is 2. The Bertz CT molecular complexity index is 937. The number of furan rings is 1. The van der Waals surface area contributed by atoms with Crippen molar-refractivity contribution in [1.82, 2.24) is 0 Å². The van der Waals surface area contributed by atoms with Gasteiger partial charge in [0.25, 0.3) is 5.69 Å². The minimum Gasteiger partial charge on any atom is -0.455 e. The second kappa shape index (κ2) is 7.38. The molecule has 0 atom stereocenters. The maximum absolute atomic E-state index is 10.7. The van der Waals surface area contributed by atoms with Crippen LogP contribution in [0.25, 0.3) is 11.3 Å². The summed E-state index contributed by atoms with van der Waals surface area (Å²) in [5.74, 6) is 1.12. The molecule has 0 unspecified atom stereocenters. The lowest BCUT2D eigenvalue weighted by Gasteiger charge is -2.01. The van der Waals surface area contributed by atoms with Gasteiger partial charge in [0.1, 0.15) is 11.5 Å². The van der Waals surface area contributed by atoms with Crippen molar-refractivity contribution in [1.29, 1.82) is 0 Å². The molecule has 3 aromatic rings. The molecule has 0 saturated heterocycles. The molecular weight excluding hydrogens is 365 g/mol. The van der Waals surface area contributed by atoms with Crippen LogP contribution in [0.15, 0.2) is 64.1 Å². The van der Waals surface area contributed by atoms with Gasteiger partial charge in [0.15, 0.2) is 0 Å². The molecule has 3 rings (SSSR count). The predicted octanol–water partition coefficient (Wildman–Crippen LogP) is 5.61. The summed E-state index contributed by atoms with van der Waals surface area (Å²) in [6.07, 6.45) is 1.51. The largest absolute Gasteiger partial charge is 0.455 e. The van der Waals surface area contributed by atoms with Gasteiger partial charge in [0, 0.05) is 17.7 Å². The van der Waals surface area contributed by atoms with E-state index in [1.165, 1.54) is 18.3 Å². The Labute approximate surface area is 152 Å². The van der Waals surface area contributed by atoms with Crippen LogP contribution < -0.4 is 5.43 Å². The van der Waals surface area contributed by atoms with Crippen molar-refractivity contribution < 1.29 is 9.34 Å². The molecule has 1 heterocycles. The van der Waals surface area contributed by atoms with Crippen molar-refractivity contribution in [2.45, 2.75) is 0 Å². The normalized spacial score (nSPS) is 11.0. The molecule has 0 fully saturated rings. The van der Waals surface area contributed by atoms with Gasteiger partial charge in [0.2, 0.25) is 0 Å². The molecule has 0 saturated carbocycles. The Kier molecular flexibility index (Phi) is 5.02. The number of hydrazone groups is 1. The number of hydrogen-bond acceptors (Lipinski definition) is 5. The fourth-order valence-corrected chi connectivity index (χ4v) is 2.36. The SMILES string of the molecule is O=[N+]([O-])c1ccc(-c2ccc(/C=N\Nc3ccc(Cl)c(Cl)c3)o2)cc1. The summed E-state index contributed by atoms with van der Waals surface area (Å²) >= 11 is 11.8. The van der Waals surface area contributed by atoms with Gasteiger partial charge in [-0.2, -0.15) is 5.10 Å². The average molecular weight is 376 g/mol. The maximum Gasteiger partial charge on any atom is 0.269 e. The van der Waals surface area contributed by atoms with Crippen LogP contribution in [0.2, 0.25) is 10.0 Å². The molecule has 25 heavy (non-hydrogen) atoms. The van der Waals surface area contributed by atoms with Crippen LogP contribution in [-0.4, -0.2) is 11.1 Å². The highest BCUT2D eigenvalue weighted by Crippen LogP contribution is 2.25. The lowest BCUT2D eigenvalue weighted by atomic mass is 10.1. The number of nitro groups is 1. The zero-order valence-electron chi connectivity index (χ0n) is 12.6. The third-order valence-corrected chi connectivity index (χ3v) is 4.03. The first-order chi connectivity index (χ1) is 12.0. The smallest absolute Gasteiger partial charge is 0.269 e. The Hall–Kier alpha value is -2.83. The van der Waals surface area contributed by atoms with Crippen LogP contribution in [-0.2, 0) is 0 Å². The quantitative estimate of drug-likeness (QED) is 0.357. The summed E-state index contributed by atoms with van der Waals surface area (Å²) in [6, 6.07) is 14.7. The fourth-order valence-electron chi connectivity index (χ4n) is 2.06. The fraction of sp³-hybridized carbons (Fsp3) is 0. The lowest BCUT2D eigenvalue weighted by Crippen LogP contribution is -1.89. The summed E-state index contributed by atoms with van der Waals surface area (Å²) in [5, 5.41) is 15.6. The minimum atomic E-state index is -0.446. The van der Waals surface area contributed by atoms with Crippen LogP contribution in [0, 0.1) is 10.1 Å². The number of nitrogens with one attached hydrogen (secondary N) is 1. The number of rotatable bonds is 5. The molecule has 0 aliphatic carbocycles. The molecule has 8 heteroatoms. The van der Waals surface area contributed by atoms with Crippen LogP contribution in [0.1, 0.15) is 5.76 Å². The highest BCUT2D eigenvalue weighted by atomic mass is 35.5. The number of benzene rings is 2. The molecule has 0 aliphatic rings. The van der Waals surface area contributed by atoms with Crippen molar-refractivity contribution in [2.24, 2.45) is 5.10 Å². The van der Waals surface area contributed by atoms with Crippen LogP contribution in [0.5, 0.6) is 0 Å². The number of non-ortho nitro benzene ring substituents is 1. The summed E-state index contributed by atoms with van der Waals surface area (Å²) in [6.45, 7) is 0. The second-order valence-corrected chi connectivity index (χ2v) is 5.82.